The van der Waals surface area contributed by atoms with Crippen LogP contribution in [0, 0.1) is 11.8 Å². The number of carbonyl (C=O) groups is 1. The number of hydrogen-bond donors (Lipinski definition) is 3. The Bertz CT molecular complexity index is 784. The molecule has 0 aromatic rings. The monoisotopic (exact) mass is 456 g/mol. The number of ether oxygens (including phenoxy) is 1. The molecule has 5 nitrogen and oxygen atoms in total. The van der Waals surface area contributed by atoms with Crippen molar-refractivity contribution < 1.29 is 24.9 Å². The van der Waals surface area contributed by atoms with Crippen LogP contribution in [-0.4, -0.2) is 45.7 Å². The first-order chi connectivity index (χ1) is 15.7. The molecule has 0 saturated carbocycles. The van der Waals surface area contributed by atoms with Crippen LogP contribution in [-0.2, 0) is 9.53 Å². The summed E-state index contributed by atoms with van der Waals surface area (Å²) in [6.45, 7) is 7.82. The van der Waals surface area contributed by atoms with Gasteiger partial charge in [0.15, 0.2) is 0 Å². The Balaban J connectivity index is 3.06. The first-order valence-electron chi connectivity index (χ1n) is 11.7. The minimum atomic E-state index is -1.30. The summed E-state index contributed by atoms with van der Waals surface area (Å²) in [5, 5.41) is 30.8. The lowest BCUT2D eigenvalue weighted by Gasteiger charge is -2.24. The van der Waals surface area contributed by atoms with Crippen LogP contribution < -0.4 is 0 Å². The Labute approximate surface area is 198 Å². The number of esters is 1. The normalized spacial score (nSPS) is 37.5. The van der Waals surface area contributed by atoms with Crippen LogP contribution in [0.4, 0.5) is 0 Å². The molecule has 3 N–H and O–H groups in total. The first kappa shape index (κ1) is 28.6. The van der Waals surface area contributed by atoms with E-state index >= 15 is 0 Å². The summed E-state index contributed by atoms with van der Waals surface area (Å²) in [6, 6.07) is 0. The zero-order valence-electron chi connectivity index (χ0n) is 20.2. The summed E-state index contributed by atoms with van der Waals surface area (Å²) in [4.78, 5) is 12.2. The number of hydrogen-bond acceptors (Lipinski definition) is 5. The molecule has 1 aliphatic rings. The highest BCUT2D eigenvalue weighted by molar-refractivity contribution is 5.82. The van der Waals surface area contributed by atoms with Gasteiger partial charge in [0.1, 0.15) is 18.3 Å². The molecule has 0 aromatic carbocycles. The molecule has 0 fully saturated rings. The maximum atomic E-state index is 12.2. The summed E-state index contributed by atoms with van der Waals surface area (Å²) in [6.07, 6.45) is 21.4. The van der Waals surface area contributed by atoms with Gasteiger partial charge in [-0.15, -0.1) is 0 Å². The molecule has 0 aliphatic carbocycles. The highest BCUT2D eigenvalue weighted by Crippen LogP contribution is 2.15. The summed E-state index contributed by atoms with van der Waals surface area (Å²) in [5.74, 6) is -0.442. The lowest BCUT2D eigenvalue weighted by atomic mass is 9.94. The molecule has 6 atom stereocenters. The molecular formula is C28H40O5. The fourth-order valence-electron chi connectivity index (χ4n) is 3.09. The maximum Gasteiger partial charge on any atom is 0.331 e. The fourth-order valence-corrected chi connectivity index (χ4v) is 3.09. The van der Waals surface area contributed by atoms with Gasteiger partial charge in [-0.1, -0.05) is 93.2 Å². The Morgan fingerprint density at radius 1 is 0.970 bits per heavy atom. The number of carbonyl (C=O) groups excluding carboxylic acids is 1. The van der Waals surface area contributed by atoms with Crippen molar-refractivity contribution in [2.24, 2.45) is 11.8 Å². The predicted octanol–water partition coefficient (Wildman–Crippen LogP) is 4.74. The van der Waals surface area contributed by atoms with Crippen molar-refractivity contribution in [2.75, 3.05) is 0 Å². The molecule has 5 heteroatoms. The molecule has 1 heterocycles. The van der Waals surface area contributed by atoms with Crippen molar-refractivity contribution >= 4 is 5.97 Å². The predicted molar refractivity (Wildman–Crippen MR) is 134 cm³/mol. The molecule has 1 aliphatic heterocycles. The van der Waals surface area contributed by atoms with E-state index < -0.39 is 30.4 Å². The van der Waals surface area contributed by atoms with E-state index in [2.05, 4.69) is 13.0 Å². The van der Waals surface area contributed by atoms with E-state index in [1.54, 1.807) is 18.2 Å². The van der Waals surface area contributed by atoms with Crippen molar-refractivity contribution in [3.05, 3.63) is 84.6 Å². The van der Waals surface area contributed by atoms with Crippen molar-refractivity contribution in [3.8, 4) is 0 Å². The van der Waals surface area contributed by atoms with Crippen LogP contribution in [0.1, 0.15) is 47.0 Å². The Morgan fingerprint density at radius 3 is 2.45 bits per heavy atom. The zero-order chi connectivity index (χ0) is 24.6. The van der Waals surface area contributed by atoms with Crippen molar-refractivity contribution in [2.45, 2.75) is 71.4 Å². The van der Waals surface area contributed by atoms with E-state index in [0.29, 0.717) is 6.42 Å². The van der Waals surface area contributed by atoms with E-state index in [9.17, 15) is 20.1 Å². The largest absolute Gasteiger partial charge is 0.455 e. The smallest absolute Gasteiger partial charge is 0.331 e. The molecule has 0 bridgehead atoms. The van der Waals surface area contributed by atoms with Gasteiger partial charge in [-0.25, -0.2) is 4.79 Å². The van der Waals surface area contributed by atoms with E-state index in [-0.39, 0.29) is 11.8 Å². The summed E-state index contributed by atoms with van der Waals surface area (Å²) in [5.41, 5.74) is 0.933. The molecule has 0 spiro atoms. The van der Waals surface area contributed by atoms with Crippen molar-refractivity contribution in [3.63, 3.8) is 0 Å². The Morgan fingerprint density at radius 2 is 1.73 bits per heavy atom. The number of aliphatic hydroxyl groups is 3. The van der Waals surface area contributed by atoms with Gasteiger partial charge in [-0.2, -0.15) is 0 Å². The minimum absolute atomic E-state index is 0.276. The number of rotatable bonds is 2. The third-order valence-electron chi connectivity index (χ3n) is 5.24. The second-order valence-corrected chi connectivity index (χ2v) is 8.46. The lowest BCUT2D eigenvalue weighted by Crippen LogP contribution is -2.39. The summed E-state index contributed by atoms with van der Waals surface area (Å²) < 4.78 is 5.53. The molecule has 0 amide bonds. The molecular weight excluding hydrogens is 416 g/mol. The van der Waals surface area contributed by atoms with E-state index in [1.165, 1.54) is 12.2 Å². The second kappa shape index (κ2) is 16.2. The highest BCUT2D eigenvalue weighted by Gasteiger charge is 2.26. The fraction of sp³-hybridized carbons (Fsp3) is 0.464. The van der Waals surface area contributed by atoms with Gasteiger partial charge in [-0.05, 0) is 31.8 Å². The number of aliphatic hydroxyl groups excluding tert-OH is 3. The van der Waals surface area contributed by atoms with Gasteiger partial charge in [0.25, 0.3) is 0 Å². The quantitative estimate of drug-likeness (QED) is 0.413. The van der Waals surface area contributed by atoms with Crippen LogP contribution in [0.15, 0.2) is 84.6 Å². The molecule has 0 saturated heterocycles. The third kappa shape index (κ3) is 12.4. The Hall–Kier alpha value is -2.47. The van der Waals surface area contributed by atoms with Crippen LogP contribution >= 0.6 is 0 Å². The third-order valence-corrected chi connectivity index (χ3v) is 5.24. The number of cyclic esters (lactones) is 1. The maximum absolute atomic E-state index is 12.2. The molecule has 0 radical (unpaired) electrons. The SMILES string of the molecule is CC/C=C/[C@H]1C/C=C/C=C/[C@H](O)[C@@H](O)[C@@H](O)[C@@H](C)/C=C/C[C@@H](C)/C=C/C=C(C)\C=C\C(=O)O1. The minimum Gasteiger partial charge on any atom is -0.455 e. The van der Waals surface area contributed by atoms with E-state index in [0.717, 1.165) is 18.4 Å². The van der Waals surface area contributed by atoms with Gasteiger partial charge in [0.05, 0.1) is 6.10 Å². The van der Waals surface area contributed by atoms with E-state index in [4.69, 9.17) is 4.74 Å². The molecule has 33 heavy (non-hydrogen) atoms. The topological polar surface area (TPSA) is 87.0 Å². The van der Waals surface area contributed by atoms with Crippen molar-refractivity contribution in [1.29, 1.82) is 0 Å². The molecule has 0 unspecified atom stereocenters. The number of allylic oxidation sites excluding steroid dienone is 9. The van der Waals surface area contributed by atoms with Crippen LogP contribution in [0.5, 0.6) is 0 Å². The van der Waals surface area contributed by atoms with Gasteiger partial charge in [0, 0.05) is 18.4 Å². The molecule has 0 aromatic heterocycles. The van der Waals surface area contributed by atoms with Gasteiger partial charge < -0.3 is 20.1 Å². The summed E-state index contributed by atoms with van der Waals surface area (Å²) >= 11 is 0. The lowest BCUT2D eigenvalue weighted by molar-refractivity contribution is -0.140. The second-order valence-electron chi connectivity index (χ2n) is 8.46. The average Bonchev–Trinajstić information content (AvgIpc) is 2.78. The van der Waals surface area contributed by atoms with Gasteiger partial charge >= 0.3 is 5.97 Å². The zero-order valence-corrected chi connectivity index (χ0v) is 20.2. The van der Waals surface area contributed by atoms with E-state index in [1.807, 2.05) is 63.3 Å². The standard InChI is InChI=1S/C28H40O5/c1-5-6-16-24-17-8-7-9-18-25(29)28(32)27(31)23(4)15-11-14-21(2)12-10-13-22(3)19-20-26(30)33-24/h6-13,15-16,18-21,23-25,27-29,31-32H,5,14,17H2,1-4H3/b8-7+,12-10+,15-11+,16-6+,18-9+,20-19+,22-13-/t21-,23-,24-,25-,27-,28+/m0/s1. The first-order valence-corrected chi connectivity index (χ1v) is 11.7. The van der Waals surface area contributed by atoms with Crippen LogP contribution in [0.2, 0.25) is 0 Å². The van der Waals surface area contributed by atoms with Crippen LogP contribution in [0.3, 0.4) is 0 Å². The highest BCUT2D eigenvalue weighted by atomic mass is 16.5. The van der Waals surface area contributed by atoms with Crippen LogP contribution in [0.25, 0.3) is 0 Å². The Kier molecular flexibility index (Phi) is 14.0. The molecule has 1 rings (SSSR count). The average molecular weight is 457 g/mol. The summed E-state index contributed by atoms with van der Waals surface area (Å²) in [7, 11) is 0. The van der Waals surface area contributed by atoms with Gasteiger partial charge in [-0.3, -0.25) is 0 Å². The molecule has 182 valence electrons. The van der Waals surface area contributed by atoms with Gasteiger partial charge in [0.2, 0.25) is 0 Å². The van der Waals surface area contributed by atoms with Crippen molar-refractivity contribution in [1.82, 2.24) is 0 Å².